The van der Waals surface area contributed by atoms with E-state index in [1.165, 1.54) is 24.1 Å². The number of aliphatic hydroxyl groups is 1. The lowest BCUT2D eigenvalue weighted by Gasteiger charge is -2.16. The van der Waals surface area contributed by atoms with Gasteiger partial charge in [-0.2, -0.15) is 0 Å². The van der Waals surface area contributed by atoms with Gasteiger partial charge in [0.2, 0.25) is 0 Å². The minimum Gasteiger partial charge on any atom is -0.493 e. The maximum absolute atomic E-state index is 10.7. The highest BCUT2D eigenvalue weighted by molar-refractivity contribution is 6.07. The van der Waals surface area contributed by atoms with Crippen molar-refractivity contribution in [3.8, 4) is 11.5 Å². The minimum absolute atomic E-state index is 0.116. The number of rotatable bonds is 7. The van der Waals surface area contributed by atoms with Crippen LogP contribution in [-0.4, -0.2) is 40.9 Å². The second-order valence-electron chi connectivity index (χ2n) is 6.76. The largest absolute Gasteiger partial charge is 0.493 e. The molecule has 4 rings (SSSR count). The van der Waals surface area contributed by atoms with Gasteiger partial charge in [0.05, 0.1) is 19.9 Å². The fourth-order valence-corrected chi connectivity index (χ4v) is 3.60. The van der Waals surface area contributed by atoms with Crippen LogP contribution >= 0.6 is 0 Å². The van der Waals surface area contributed by atoms with Crippen LogP contribution in [0.3, 0.4) is 0 Å². The van der Waals surface area contributed by atoms with Gasteiger partial charge in [0, 0.05) is 27.4 Å². The highest BCUT2D eigenvalue weighted by atomic mass is 16.5. The summed E-state index contributed by atoms with van der Waals surface area (Å²) in [5.74, 6) is 1.02. The Morgan fingerprint density at radius 3 is 2.24 bits per heavy atom. The molecule has 0 saturated heterocycles. The number of aromatic nitrogens is 1. The molecule has 2 N–H and O–H groups in total. The van der Waals surface area contributed by atoms with Crippen molar-refractivity contribution in [2.45, 2.75) is 12.6 Å². The molecule has 0 amide bonds. The van der Waals surface area contributed by atoms with Crippen molar-refractivity contribution in [3.63, 3.8) is 0 Å². The van der Waals surface area contributed by atoms with E-state index in [2.05, 4.69) is 34.0 Å². The highest BCUT2D eigenvalue weighted by Gasteiger charge is 2.15. The number of oxime groups is 1. The lowest BCUT2D eigenvalue weighted by Crippen LogP contribution is -2.23. The highest BCUT2D eigenvalue weighted by Crippen LogP contribution is 2.30. The first-order chi connectivity index (χ1) is 14.2. The second kappa shape index (κ2) is 8.24. The molecule has 0 aliphatic heterocycles. The molecular weight excluding hydrogens is 368 g/mol. The molecule has 1 unspecified atom stereocenters. The van der Waals surface area contributed by atoms with E-state index in [0.717, 1.165) is 11.0 Å². The van der Waals surface area contributed by atoms with Gasteiger partial charge < -0.3 is 24.4 Å². The first-order valence-corrected chi connectivity index (χ1v) is 9.33. The van der Waals surface area contributed by atoms with Crippen LogP contribution in [0.1, 0.15) is 5.56 Å². The van der Waals surface area contributed by atoms with Crippen LogP contribution < -0.4 is 9.47 Å². The van der Waals surface area contributed by atoms with Crippen LogP contribution in [0.25, 0.3) is 21.8 Å². The zero-order chi connectivity index (χ0) is 20.2. The van der Waals surface area contributed by atoms with Gasteiger partial charge in [-0.1, -0.05) is 41.6 Å². The van der Waals surface area contributed by atoms with E-state index in [4.69, 9.17) is 14.7 Å². The van der Waals surface area contributed by atoms with E-state index in [-0.39, 0.29) is 6.61 Å². The normalized spacial score (nSPS) is 12.6. The van der Waals surface area contributed by atoms with E-state index in [9.17, 15) is 5.11 Å². The minimum atomic E-state index is -0.711. The van der Waals surface area contributed by atoms with Gasteiger partial charge in [-0.3, -0.25) is 0 Å². The summed E-state index contributed by atoms with van der Waals surface area (Å²) in [6.07, 6.45) is 0.598. The summed E-state index contributed by atoms with van der Waals surface area (Å²) in [5, 5.41) is 24.7. The smallest absolute Gasteiger partial charge is 0.161 e. The number of hydrogen-bond acceptors (Lipinski definition) is 5. The van der Waals surface area contributed by atoms with Gasteiger partial charge in [0.25, 0.3) is 0 Å². The molecule has 29 heavy (non-hydrogen) atoms. The number of ether oxygens (including phenoxy) is 2. The molecule has 148 valence electrons. The molecule has 0 bridgehead atoms. The molecule has 0 saturated carbocycles. The average molecular weight is 390 g/mol. The number of nitrogens with zero attached hydrogens (tertiary/aromatic N) is 2. The Morgan fingerprint density at radius 1 is 0.966 bits per heavy atom. The Morgan fingerprint density at radius 2 is 1.62 bits per heavy atom. The molecule has 1 atom stereocenters. The fraction of sp³-hybridized carbons (Fsp3) is 0.174. The molecule has 4 aromatic rings. The first kappa shape index (κ1) is 18.8. The van der Waals surface area contributed by atoms with E-state index < -0.39 is 6.10 Å². The van der Waals surface area contributed by atoms with Gasteiger partial charge in [-0.05, 0) is 30.3 Å². The number of para-hydroxylation sites is 2. The molecule has 0 radical (unpaired) electrons. The monoisotopic (exact) mass is 390 g/mol. The average Bonchev–Trinajstić information content (AvgIpc) is 3.07. The topological polar surface area (TPSA) is 76.2 Å². The number of fused-ring (bicyclic) bond motifs is 3. The van der Waals surface area contributed by atoms with Gasteiger partial charge >= 0.3 is 0 Å². The number of methoxy groups -OCH3 is 1. The van der Waals surface area contributed by atoms with Crippen LogP contribution in [0.2, 0.25) is 0 Å². The SMILES string of the molecule is COc1cc(/C=N/O)ccc1OCC(O)Cn1c2ccccc2c2ccccc21. The van der Waals surface area contributed by atoms with Crippen molar-refractivity contribution in [1.29, 1.82) is 0 Å². The molecule has 1 heterocycles. The third-order valence-electron chi connectivity index (χ3n) is 4.90. The van der Waals surface area contributed by atoms with Crippen molar-refractivity contribution in [2.24, 2.45) is 5.16 Å². The Labute approximate surface area is 168 Å². The predicted octanol–water partition coefficient (Wildman–Crippen LogP) is 4.05. The summed E-state index contributed by atoms with van der Waals surface area (Å²) in [4.78, 5) is 0. The van der Waals surface area contributed by atoms with E-state index in [0.29, 0.717) is 23.6 Å². The van der Waals surface area contributed by atoms with Crippen LogP contribution in [0.4, 0.5) is 0 Å². The molecule has 0 fully saturated rings. The maximum Gasteiger partial charge on any atom is 0.161 e. The van der Waals surface area contributed by atoms with Crippen LogP contribution in [-0.2, 0) is 6.54 Å². The fourth-order valence-electron chi connectivity index (χ4n) is 3.60. The van der Waals surface area contributed by atoms with Gasteiger partial charge in [-0.25, -0.2) is 0 Å². The number of benzene rings is 3. The quantitative estimate of drug-likeness (QED) is 0.284. The van der Waals surface area contributed by atoms with Crippen LogP contribution in [0.15, 0.2) is 71.9 Å². The summed E-state index contributed by atoms with van der Waals surface area (Å²) >= 11 is 0. The Bertz CT molecular complexity index is 1110. The number of hydrogen-bond donors (Lipinski definition) is 2. The van der Waals surface area contributed by atoms with Crippen LogP contribution in [0.5, 0.6) is 11.5 Å². The van der Waals surface area contributed by atoms with Crippen molar-refractivity contribution < 1.29 is 19.8 Å². The Balaban J connectivity index is 1.54. The van der Waals surface area contributed by atoms with Crippen molar-refractivity contribution >= 4 is 28.0 Å². The Hall–Kier alpha value is -3.51. The Kier molecular flexibility index (Phi) is 5.35. The third-order valence-corrected chi connectivity index (χ3v) is 4.90. The molecule has 6 nitrogen and oxygen atoms in total. The van der Waals surface area contributed by atoms with Gasteiger partial charge in [0.1, 0.15) is 12.7 Å². The molecule has 6 heteroatoms. The summed E-state index contributed by atoms with van der Waals surface area (Å²) < 4.78 is 13.3. The maximum atomic E-state index is 10.7. The predicted molar refractivity (Wildman–Crippen MR) is 113 cm³/mol. The summed E-state index contributed by atoms with van der Waals surface area (Å²) in [6.45, 7) is 0.524. The molecular formula is C23H22N2O4. The standard InChI is InChI=1S/C23H22N2O4/c1-28-23-12-16(13-24-27)10-11-22(23)29-15-17(26)14-25-20-8-4-2-6-18(20)19-7-3-5-9-21(19)25/h2-13,17,26-27H,14-15H2,1H3/b24-13+. The third kappa shape index (κ3) is 3.75. The summed E-state index contributed by atoms with van der Waals surface area (Å²) in [7, 11) is 1.54. The molecule has 0 aliphatic carbocycles. The van der Waals surface area contributed by atoms with E-state index >= 15 is 0 Å². The lowest BCUT2D eigenvalue weighted by atomic mass is 10.2. The second-order valence-corrected chi connectivity index (χ2v) is 6.76. The van der Waals surface area contributed by atoms with Crippen molar-refractivity contribution in [2.75, 3.05) is 13.7 Å². The van der Waals surface area contributed by atoms with Gasteiger partial charge in [-0.15, -0.1) is 0 Å². The summed E-state index contributed by atoms with van der Waals surface area (Å²) in [6, 6.07) is 21.5. The molecule has 1 aromatic heterocycles. The molecule has 0 aliphatic rings. The lowest BCUT2D eigenvalue weighted by molar-refractivity contribution is 0.0930. The van der Waals surface area contributed by atoms with Crippen molar-refractivity contribution in [3.05, 3.63) is 72.3 Å². The van der Waals surface area contributed by atoms with Crippen LogP contribution in [0, 0.1) is 0 Å². The molecule has 0 spiro atoms. The zero-order valence-electron chi connectivity index (χ0n) is 16.0. The van der Waals surface area contributed by atoms with Gasteiger partial charge in [0.15, 0.2) is 11.5 Å². The van der Waals surface area contributed by atoms with E-state index in [1.54, 1.807) is 18.2 Å². The number of aliphatic hydroxyl groups excluding tert-OH is 1. The van der Waals surface area contributed by atoms with Crippen molar-refractivity contribution in [1.82, 2.24) is 4.57 Å². The molecule has 3 aromatic carbocycles. The first-order valence-electron chi connectivity index (χ1n) is 9.33. The summed E-state index contributed by atoms with van der Waals surface area (Å²) in [5.41, 5.74) is 2.85. The zero-order valence-corrected chi connectivity index (χ0v) is 16.0. The van der Waals surface area contributed by atoms with E-state index in [1.807, 2.05) is 24.3 Å².